The van der Waals surface area contributed by atoms with E-state index in [-0.39, 0.29) is 0 Å². The van der Waals surface area contributed by atoms with Crippen LogP contribution in [0.4, 0.5) is 0 Å². The number of nitrogens with one attached hydrogen (secondary N) is 1. The zero-order chi connectivity index (χ0) is 8.27. The van der Waals surface area contributed by atoms with Crippen LogP contribution in [0, 0.1) is 0 Å². The molecule has 5 heteroatoms. The molecule has 0 aliphatic carbocycles. The van der Waals surface area contributed by atoms with Crippen molar-refractivity contribution in [2.45, 2.75) is 0 Å². The van der Waals surface area contributed by atoms with Gasteiger partial charge in [-0.25, -0.2) is 0 Å². The first-order chi connectivity index (χ1) is 5.22. The summed E-state index contributed by atoms with van der Waals surface area (Å²) >= 11 is 0. The maximum absolute atomic E-state index is 5.57. The first-order valence-corrected chi connectivity index (χ1v) is 3.34. The van der Waals surface area contributed by atoms with E-state index in [0.29, 0.717) is 13.1 Å². The van der Waals surface area contributed by atoms with Crippen LogP contribution in [-0.4, -0.2) is 23.2 Å². The highest BCUT2D eigenvalue weighted by molar-refractivity contribution is 5.00. The normalized spacial score (nSPS) is 19.7. The molecule has 0 saturated heterocycles. The van der Waals surface area contributed by atoms with Crippen LogP contribution in [0.3, 0.4) is 0 Å². The summed E-state index contributed by atoms with van der Waals surface area (Å²) in [5, 5.41) is 3.17. The van der Waals surface area contributed by atoms with Crippen molar-refractivity contribution in [3.8, 4) is 0 Å². The third-order valence-electron chi connectivity index (χ3n) is 1.26. The molecule has 1 heterocycles. The molecule has 0 unspecified atom stereocenters. The van der Waals surface area contributed by atoms with E-state index >= 15 is 0 Å². The van der Waals surface area contributed by atoms with Crippen molar-refractivity contribution >= 4 is 0 Å². The van der Waals surface area contributed by atoms with E-state index in [2.05, 4.69) is 12.1 Å². The third kappa shape index (κ3) is 2.23. The Kier molecular flexibility index (Phi) is 2.48. The van der Waals surface area contributed by atoms with Crippen LogP contribution < -0.4 is 17.1 Å². The Morgan fingerprint density at radius 2 is 2.55 bits per heavy atom. The molecule has 0 fully saturated rings. The van der Waals surface area contributed by atoms with E-state index in [0.717, 1.165) is 5.70 Å². The summed E-state index contributed by atoms with van der Waals surface area (Å²) in [6.07, 6.45) is 3.56. The monoisotopic (exact) mass is 155 g/mol. The lowest BCUT2D eigenvalue weighted by Crippen LogP contribution is -2.55. The molecule has 5 N–H and O–H groups in total. The molecule has 0 atom stereocenters. The number of hydrogen-bond acceptors (Lipinski definition) is 5. The predicted octanol–water partition coefficient (Wildman–Crippen LogP) is -1.12. The van der Waals surface area contributed by atoms with Crippen molar-refractivity contribution < 1.29 is 0 Å². The lowest BCUT2D eigenvalue weighted by molar-refractivity contribution is 0.0573. The SMILES string of the molecule is C=CCN1C=C(N)CN(N)N1. The second-order valence-electron chi connectivity index (χ2n) is 2.37. The molecule has 0 saturated carbocycles. The van der Waals surface area contributed by atoms with Crippen LogP contribution in [-0.2, 0) is 0 Å². The largest absolute Gasteiger partial charge is 0.400 e. The van der Waals surface area contributed by atoms with E-state index in [1.165, 1.54) is 5.12 Å². The molecule has 0 aromatic rings. The summed E-state index contributed by atoms with van der Waals surface area (Å²) < 4.78 is 0. The van der Waals surface area contributed by atoms with E-state index in [4.69, 9.17) is 11.6 Å². The van der Waals surface area contributed by atoms with E-state index in [9.17, 15) is 0 Å². The van der Waals surface area contributed by atoms with Gasteiger partial charge in [-0.15, -0.1) is 6.58 Å². The van der Waals surface area contributed by atoms with E-state index in [1.54, 1.807) is 17.3 Å². The Morgan fingerprint density at radius 3 is 3.09 bits per heavy atom. The number of rotatable bonds is 2. The summed E-state index contributed by atoms with van der Waals surface area (Å²) in [7, 11) is 0. The molecule has 0 spiro atoms. The summed E-state index contributed by atoms with van der Waals surface area (Å²) in [4.78, 5) is 0. The minimum Gasteiger partial charge on any atom is -0.400 e. The second kappa shape index (κ2) is 3.38. The predicted molar refractivity (Wildman–Crippen MR) is 43.2 cm³/mol. The maximum Gasteiger partial charge on any atom is 0.0714 e. The zero-order valence-corrected chi connectivity index (χ0v) is 6.33. The van der Waals surface area contributed by atoms with Crippen LogP contribution in [0.1, 0.15) is 0 Å². The van der Waals surface area contributed by atoms with Gasteiger partial charge in [0, 0.05) is 11.9 Å². The van der Waals surface area contributed by atoms with Gasteiger partial charge in [0.2, 0.25) is 0 Å². The van der Waals surface area contributed by atoms with Crippen molar-refractivity contribution in [2.24, 2.45) is 11.6 Å². The Hall–Kier alpha value is -1.04. The van der Waals surface area contributed by atoms with Crippen LogP contribution in [0.5, 0.6) is 0 Å². The summed E-state index contributed by atoms with van der Waals surface area (Å²) in [5.74, 6) is 5.47. The molecular weight excluding hydrogens is 142 g/mol. The highest BCUT2D eigenvalue weighted by Crippen LogP contribution is 1.97. The molecular formula is C6H13N5. The number of nitrogens with zero attached hydrogens (tertiary/aromatic N) is 2. The summed E-state index contributed by atoms with van der Waals surface area (Å²) in [6.45, 7) is 4.80. The van der Waals surface area contributed by atoms with Crippen LogP contribution in [0.15, 0.2) is 24.6 Å². The first-order valence-electron chi connectivity index (χ1n) is 3.34. The van der Waals surface area contributed by atoms with E-state index < -0.39 is 0 Å². The average Bonchev–Trinajstić information content (AvgIpc) is 1.85. The molecule has 5 nitrogen and oxygen atoms in total. The third-order valence-corrected chi connectivity index (χ3v) is 1.26. The fourth-order valence-electron chi connectivity index (χ4n) is 0.900. The first kappa shape index (κ1) is 8.06. The number of hydrazine groups is 3. The Balaban J connectivity index is 2.53. The molecule has 1 aliphatic heterocycles. The van der Waals surface area contributed by atoms with E-state index in [1.807, 2.05) is 0 Å². The smallest absolute Gasteiger partial charge is 0.0714 e. The van der Waals surface area contributed by atoms with Crippen LogP contribution in [0.25, 0.3) is 0 Å². The Labute approximate surface area is 65.8 Å². The molecule has 62 valence electrons. The van der Waals surface area contributed by atoms with Gasteiger partial charge in [0.15, 0.2) is 0 Å². The Bertz CT molecular complexity index is 176. The second-order valence-corrected chi connectivity index (χ2v) is 2.37. The van der Waals surface area contributed by atoms with Gasteiger partial charge in [-0.1, -0.05) is 6.08 Å². The lowest BCUT2D eigenvalue weighted by Gasteiger charge is -2.31. The number of nitrogens with two attached hydrogens (primary N) is 2. The minimum atomic E-state index is 0.535. The molecule has 11 heavy (non-hydrogen) atoms. The van der Waals surface area contributed by atoms with Crippen molar-refractivity contribution in [1.82, 2.24) is 15.7 Å². The van der Waals surface area contributed by atoms with Gasteiger partial charge in [0.1, 0.15) is 0 Å². The topological polar surface area (TPSA) is 70.5 Å². The molecule has 0 bridgehead atoms. The molecule has 0 amide bonds. The lowest BCUT2D eigenvalue weighted by atomic mass is 10.4. The van der Waals surface area contributed by atoms with Crippen molar-refractivity contribution in [2.75, 3.05) is 13.1 Å². The highest BCUT2D eigenvalue weighted by atomic mass is 15.8. The van der Waals surface area contributed by atoms with Gasteiger partial charge in [-0.05, 0) is 0 Å². The van der Waals surface area contributed by atoms with Crippen LogP contribution in [0.2, 0.25) is 0 Å². The van der Waals surface area contributed by atoms with Gasteiger partial charge in [-0.3, -0.25) is 10.9 Å². The number of hydrogen-bond donors (Lipinski definition) is 3. The molecule has 0 radical (unpaired) electrons. The molecule has 0 aromatic carbocycles. The average molecular weight is 155 g/mol. The van der Waals surface area contributed by atoms with Gasteiger partial charge in [-0.2, -0.15) is 10.7 Å². The van der Waals surface area contributed by atoms with Gasteiger partial charge < -0.3 is 5.73 Å². The van der Waals surface area contributed by atoms with Gasteiger partial charge in [0.25, 0.3) is 0 Å². The van der Waals surface area contributed by atoms with Crippen molar-refractivity contribution in [1.29, 1.82) is 0 Å². The molecule has 0 aromatic heterocycles. The molecule has 1 aliphatic rings. The summed E-state index contributed by atoms with van der Waals surface area (Å²) in [6, 6.07) is 0. The summed E-state index contributed by atoms with van der Waals surface area (Å²) in [5.41, 5.74) is 9.16. The fraction of sp³-hybridized carbons (Fsp3) is 0.333. The highest BCUT2D eigenvalue weighted by Gasteiger charge is 2.10. The minimum absolute atomic E-state index is 0.535. The van der Waals surface area contributed by atoms with Gasteiger partial charge in [0.05, 0.1) is 13.1 Å². The standard InChI is InChI=1S/C6H13N5/c1-2-3-10-4-6(7)5-11(8)9-10/h2,4,9H,1,3,5,7-8H2. The zero-order valence-electron chi connectivity index (χ0n) is 6.33. The van der Waals surface area contributed by atoms with Crippen molar-refractivity contribution in [3.05, 3.63) is 24.6 Å². The molecule has 1 rings (SSSR count). The maximum atomic E-state index is 5.57. The van der Waals surface area contributed by atoms with Gasteiger partial charge >= 0.3 is 0 Å². The van der Waals surface area contributed by atoms with Crippen LogP contribution >= 0.6 is 0 Å². The quantitative estimate of drug-likeness (QED) is 0.348. The van der Waals surface area contributed by atoms with Crippen molar-refractivity contribution in [3.63, 3.8) is 0 Å². The Morgan fingerprint density at radius 1 is 1.82 bits per heavy atom. The fourth-order valence-corrected chi connectivity index (χ4v) is 0.900.